The van der Waals surface area contributed by atoms with Crippen molar-refractivity contribution in [2.75, 3.05) is 13.7 Å². The van der Waals surface area contributed by atoms with Crippen LogP contribution < -0.4 is 10.6 Å². The first-order valence-electron chi connectivity index (χ1n) is 6.46. The molecular formula is C14H22N2O3S. The third-order valence-electron chi connectivity index (χ3n) is 2.60. The number of nitrogens with one attached hydrogen (secondary N) is 2. The second-order valence-corrected chi connectivity index (χ2v) is 6.50. The number of methoxy groups -OCH3 is 1. The SMILES string of the molecule is COC(=O)CC(NC(=O)CNC(C)(C)C)c1cccs1. The van der Waals surface area contributed by atoms with E-state index in [4.69, 9.17) is 0 Å². The summed E-state index contributed by atoms with van der Waals surface area (Å²) in [6.45, 7) is 6.19. The quantitative estimate of drug-likeness (QED) is 0.787. The van der Waals surface area contributed by atoms with Crippen molar-refractivity contribution in [3.63, 3.8) is 0 Å². The van der Waals surface area contributed by atoms with Gasteiger partial charge in [-0.25, -0.2) is 0 Å². The predicted molar refractivity (Wildman–Crippen MR) is 79.6 cm³/mol. The Bertz CT molecular complexity index is 438. The molecule has 1 heterocycles. The van der Waals surface area contributed by atoms with E-state index in [1.54, 1.807) is 0 Å². The maximum Gasteiger partial charge on any atom is 0.307 e. The number of amides is 1. The summed E-state index contributed by atoms with van der Waals surface area (Å²) in [5.41, 5.74) is -0.127. The van der Waals surface area contributed by atoms with Crippen molar-refractivity contribution in [3.8, 4) is 0 Å². The van der Waals surface area contributed by atoms with Crippen LogP contribution in [0.1, 0.15) is 38.1 Å². The number of hydrogen-bond acceptors (Lipinski definition) is 5. The van der Waals surface area contributed by atoms with Crippen molar-refractivity contribution in [2.45, 2.75) is 38.8 Å². The first-order valence-corrected chi connectivity index (χ1v) is 7.34. The fraction of sp³-hybridized carbons (Fsp3) is 0.571. The molecule has 0 aromatic carbocycles. The minimum atomic E-state index is -0.340. The standard InChI is InChI=1S/C14H22N2O3S/c1-14(2,3)15-9-12(17)16-10(8-13(18)19-4)11-6-5-7-20-11/h5-7,10,15H,8-9H2,1-4H3,(H,16,17). The number of rotatable bonds is 6. The van der Waals surface area contributed by atoms with Crippen LogP contribution in [0.5, 0.6) is 0 Å². The van der Waals surface area contributed by atoms with Gasteiger partial charge in [-0.15, -0.1) is 11.3 Å². The molecule has 0 saturated heterocycles. The number of esters is 1. The predicted octanol–water partition coefficient (Wildman–Crippen LogP) is 1.86. The second kappa shape index (κ2) is 7.40. The van der Waals surface area contributed by atoms with Crippen molar-refractivity contribution in [1.29, 1.82) is 0 Å². The van der Waals surface area contributed by atoms with Gasteiger partial charge in [-0.05, 0) is 32.2 Å². The molecule has 0 spiro atoms. The van der Waals surface area contributed by atoms with Gasteiger partial charge in [0.05, 0.1) is 26.1 Å². The fourth-order valence-corrected chi connectivity index (χ4v) is 2.33. The Hall–Kier alpha value is -1.40. The lowest BCUT2D eigenvalue weighted by Crippen LogP contribution is -2.44. The highest BCUT2D eigenvalue weighted by Crippen LogP contribution is 2.22. The third-order valence-corrected chi connectivity index (χ3v) is 3.59. The monoisotopic (exact) mass is 298 g/mol. The summed E-state index contributed by atoms with van der Waals surface area (Å²) in [6.07, 6.45) is 0.137. The lowest BCUT2D eigenvalue weighted by Gasteiger charge is -2.22. The number of carbonyl (C=O) groups excluding carboxylic acids is 2. The van der Waals surface area contributed by atoms with E-state index in [2.05, 4.69) is 15.4 Å². The molecule has 112 valence electrons. The van der Waals surface area contributed by atoms with Crippen LogP contribution in [0.25, 0.3) is 0 Å². The zero-order valence-electron chi connectivity index (χ0n) is 12.4. The number of carbonyl (C=O) groups is 2. The van der Waals surface area contributed by atoms with E-state index in [0.717, 1.165) is 4.88 Å². The highest BCUT2D eigenvalue weighted by molar-refractivity contribution is 7.10. The topological polar surface area (TPSA) is 67.4 Å². The summed E-state index contributed by atoms with van der Waals surface area (Å²) in [5.74, 6) is -0.477. The van der Waals surface area contributed by atoms with E-state index in [1.165, 1.54) is 18.4 Å². The smallest absolute Gasteiger partial charge is 0.307 e. The molecule has 0 radical (unpaired) electrons. The van der Waals surface area contributed by atoms with E-state index >= 15 is 0 Å². The maximum atomic E-state index is 11.9. The normalized spacial score (nSPS) is 12.8. The van der Waals surface area contributed by atoms with Gasteiger partial charge in [0.25, 0.3) is 0 Å². The Labute approximate surface area is 123 Å². The molecule has 0 aliphatic rings. The molecule has 0 aliphatic carbocycles. The van der Waals surface area contributed by atoms with Crippen LogP contribution in [0.2, 0.25) is 0 Å². The molecule has 1 aromatic heterocycles. The van der Waals surface area contributed by atoms with Crippen molar-refractivity contribution in [3.05, 3.63) is 22.4 Å². The fourth-order valence-electron chi connectivity index (χ4n) is 1.55. The van der Waals surface area contributed by atoms with Crippen molar-refractivity contribution in [1.82, 2.24) is 10.6 Å². The molecule has 1 rings (SSSR count). The molecule has 6 heteroatoms. The number of hydrogen-bond donors (Lipinski definition) is 2. The molecule has 20 heavy (non-hydrogen) atoms. The Kier molecular flexibility index (Phi) is 6.16. The van der Waals surface area contributed by atoms with Crippen LogP contribution in [0.4, 0.5) is 0 Å². The number of thiophene rings is 1. The average Bonchev–Trinajstić information content (AvgIpc) is 2.88. The zero-order valence-corrected chi connectivity index (χ0v) is 13.2. The summed E-state index contributed by atoms with van der Waals surface area (Å²) < 4.78 is 4.67. The maximum absolute atomic E-state index is 11.9. The lowest BCUT2D eigenvalue weighted by molar-refractivity contribution is -0.141. The molecule has 1 aromatic rings. The minimum absolute atomic E-state index is 0.127. The first kappa shape index (κ1) is 16.7. The molecule has 1 atom stereocenters. The van der Waals surface area contributed by atoms with Gasteiger partial charge in [0, 0.05) is 10.4 Å². The summed E-state index contributed by atoms with van der Waals surface area (Å²) in [6, 6.07) is 3.45. The van der Waals surface area contributed by atoms with Crippen LogP contribution in [-0.4, -0.2) is 31.1 Å². The van der Waals surface area contributed by atoms with Crippen LogP contribution >= 0.6 is 11.3 Å². The molecule has 1 unspecified atom stereocenters. The van der Waals surface area contributed by atoms with Gasteiger partial charge in [0.2, 0.25) is 5.91 Å². The summed E-state index contributed by atoms with van der Waals surface area (Å²) in [5, 5.41) is 7.90. The molecule has 0 bridgehead atoms. The third kappa shape index (κ3) is 6.16. The average molecular weight is 298 g/mol. The van der Waals surface area contributed by atoms with E-state index in [9.17, 15) is 9.59 Å². The van der Waals surface area contributed by atoms with Gasteiger partial charge >= 0.3 is 5.97 Å². The highest BCUT2D eigenvalue weighted by Gasteiger charge is 2.20. The van der Waals surface area contributed by atoms with Gasteiger partial charge in [-0.1, -0.05) is 6.07 Å². The molecule has 0 fully saturated rings. The van der Waals surface area contributed by atoms with Gasteiger partial charge < -0.3 is 15.4 Å². The number of ether oxygens (including phenoxy) is 1. The Morgan fingerprint density at radius 3 is 2.60 bits per heavy atom. The van der Waals surface area contributed by atoms with Crippen LogP contribution in [-0.2, 0) is 14.3 Å². The minimum Gasteiger partial charge on any atom is -0.469 e. The van der Waals surface area contributed by atoms with Crippen LogP contribution in [0.3, 0.4) is 0 Å². The largest absolute Gasteiger partial charge is 0.469 e. The summed E-state index contributed by atoms with van der Waals surface area (Å²) in [7, 11) is 1.34. The van der Waals surface area contributed by atoms with Gasteiger partial charge in [-0.2, -0.15) is 0 Å². The molecule has 0 saturated carbocycles. The Balaban J connectivity index is 2.61. The van der Waals surface area contributed by atoms with Crippen molar-refractivity contribution >= 4 is 23.2 Å². The van der Waals surface area contributed by atoms with Gasteiger partial charge in [-0.3, -0.25) is 9.59 Å². The first-order chi connectivity index (χ1) is 9.31. The Morgan fingerprint density at radius 1 is 1.40 bits per heavy atom. The van der Waals surface area contributed by atoms with Crippen LogP contribution in [0.15, 0.2) is 17.5 Å². The van der Waals surface area contributed by atoms with Crippen molar-refractivity contribution in [2.24, 2.45) is 0 Å². The van der Waals surface area contributed by atoms with E-state index in [1.807, 2.05) is 38.3 Å². The molecule has 2 N–H and O–H groups in total. The van der Waals surface area contributed by atoms with E-state index in [-0.39, 0.29) is 36.4 Å². The molecule has 0 aliphatic heterocycles. The zero-order chi connectivity index (χ0) is 15.2. The van der Waals surface area contributed by atoms with E-state index in [0.29, 0.717) is 0 Å². The summed E-state index contributed by atoms with van der Waals surface area (Å²) >= 11 is 1.51. The van der Waals surface area contributed by atoms with Crippen LogP contribution in [0, 0.1) is 0 Å². The van der Waals surface area contributed by atoms with Gasteiger partial charge in [0.15, 0.2) is 0 Å². The van der Waals surface area contributed by atoms with Gasteiger partial charge in [0.1, 0.15) is 0 Å². The highest BCUT2D eigenvalue weighted by atomic mass is 32.1. The second-order valence-electron chi connectivity index (χ2n) is 5.52. The molecular weight excluding hydrogens is 276 g/mol. The summed E-state index contributed by atoms with van der Waals surface area (Å²) in [4.78, 5) is 24.3. The molecule has 1 amide bonds. The van der Waals surface area contributed by atoms with Crippen molar-refractivity contribution < 1.29 is 14.3 Å². The Morgan fingerprint density at radius 2 is 2.10 bits per heavy atom. The lowest BCUT2D eigenvalue weighted by atomic mass is 10.1. The molecule has 5 nitrogen and oxygen atoms in total. The van der Waals surface area contributed by atoms with E-state index < -0.39 is 0 Å².